The number of carbonyl (C=O) groups excluding carboxylic acids is 1. The van der Waals surface area contributed by atoms with Crippen LogP contribution in [0.3, 0.4) is 0 Å². The SMILES string of the molecule is O=C(N1CCOCC1)N1CCN(S(=O)(=O)c2c(Cl)cc(Br)cc2Cl)CC1. The van der Waals surface area contributed by atoms with Crippen molar-refractivity contribution < 1.29 is 17.9 Å². The summed E-state index contributed by atoms with van der Waals surface area (Å²) < 4.78 is 33.0. The molecule has 1 aromatic rings. The molecular formula is C15H18BrCl2N3O4S. The molecule has 0 atom stereocenters. The van der Waals surface area contributed by atoms with E-state index >= 15 is 0 Å². The third kappa shape index (κ3) is 4.13. The molecule has 2 heterocycles. The van der Waals surface area contributed by atoms with Crippen molar-refractivity contribution in [1.29, 1.82) is 0 Å². The number of ether oxygens (including phenoxy) is 1. The quantitative estimate of drug-likeness (QED) is 0.644. The van der Waals surface area contributed by atoms with E-state index < -0.39 is 10.0 Å². The summed E-state index contributed by atoms with van der Waals surface area (Å²) in [6.45, 7) is 3.20. The van der Waals surface area contributed by atoms with E-state index in [0.29, 0.717) is 43.9 Å². The number of halogens is 3. The second-order valence-corrected chi connectivity index (χ2v) is 9.58. The molecule has 0 unspecified atom stereocenters. The molecule has 144 valence electrons. The number of nitrogens with zero attached hydrogens (tertiary/aromatic N) is 3. The van der Waals surface area contributed by atoms with Crippen molar-refractivity contribution in [3.8, 4) is 0 Å². The molecular weight excluding hydrogens is 469 g/mol. The summed E-state index contributed by atoms with van der Waals surface area (Å²) in [5.74, 6) is 0. The van der Waals surface area contributed by atoms with Gasteiger partial charge in [-0.3, -0.25) is 0 Å². The van der Waals surface area contributed by atoms with Crippen LogP contribution >= 0.6 is 39.1 Å². The van der Waals surface area contributed by atoms with Gasteiger partial charge < -0.3 is 14.5 Å². The number of amides is 2. The number of sulfonamides is 1. The lowest BCUT2D eigenvalue weighted by Crippen LogP contribution is -2.55. The molecule has 2 amide bonds. The number of carbonyl (C=O) groups is 1. The second kappa shape index (κ2) is 8.20. The summed E-state index contributed by atoms with van der Waals surface area (Å²) in [6, 6.07) is 2.92. The molecule has 26 heavy (non-hydrogen) atoms. The van der Waals surface area contributed by atoms with Crippen LogP contribution in [0.4, 0.5) is 4.79 Å². The molecule has 0 saturated carbocycles. The Labute approximate surface area is 170 Å². The van der Waals surface area contributed by atoms with Gasteiger partial charge in [-0.15, -0.1) is 0 Å². The van der Waals surface area contributed by atoms with E-state index in [-0.39, 0.29) is 34.1 Å². The van der Waals surface area contributed by atoms with Gasteiger partial charge in [0.25, 0.3) is 0 Å². The molecule has 2 fully saturated rings. The van der Waals surface area contributed by atoms with Crippen molar-refractivity contribution in [2.75, 3.05) is 52.5 Å². The van der Waals surface area contributed by atoms with Crippen LogP contribution in [0.5, 0.6) is 0 Å². The molecule has 0 spiro atoms. The molecule has 0 aromatic heterocycles. The first-order chi connectivity index (χ1) is 12.3. The molecule has 0 bridgehead atoms. The first-order valence-corrected chi connectivity index (χ1v) is 11.1. The van der Waals surface area contributed by atoms with Crippen LogP contribution in [-0.4, -0.2) is 81.0 Å². The maximum Gasteiger partial charge on any atom is 0.320 e. The average molecular weight is 487 g/mol. The van der Waals surface area contributed by atoms with Crippen molar-refractivity contribution in [3.63, 3.8) is 0 Å². The monoisotopic (exact) mass is 485 g/mol. The number of urea groups is 1. The Morgan fingerprint density at radius 3 is 2.00 bits per heavy atom. The van der Waals surface area contributed by atoms with Crippen LogP contribution in [0.25, 0.3) is 0 Å². The summed E-state index contributed by atoms with van der Waals surface area (Å²) in [6.07, 6.45) is 0. The molecule has 2 aliphatic heterocycles. The maximum atomic E-state index is 12.9. The summed E-state index contributed by atoms with van der Waals surface area (Å²) >= 11 is 15.5. The minimum Gasteiger partial charge on any atom is -0.378 e. The Bertz CT molecular complexity index is 771. The van der Waals surface area contributed by atoms with E-state index in [0.717, 1.165) is 0 Å². The Hall–Kier alpha value is -0.580. The zero-order valence-corrected chi connectivity index (χ0v) is 17.7. The van der Waals surface area contributed by atoms with Crippen molar-refractivity contribution >= 4 is 55.2 Å². The minimum absolute atomic E-state index is 0.0659. The Balaban J connectivity index is 1.70. The van der Waals surface area contributed by atoms with E-state index in [2.05, 4.69) is 15.9 Å². The Morgan fingerprint density at radius 1 is 0.962 bits per heavy atom. The Morgan fingerprint density at radius 2 is 1.46 bits per heavy atom. The fourth-order valence-electron chi connectivity index (χ4n) is 2.98. The largest absolute Gasteiger partial charge is 0.378 e. The highest BCUT2D eigenvalue weighted by Crippen LogP contribution is 2.35. The highest BCUT2D eigenvalue weighted by Gasteiger charge is 2.34. The van der Waals surface area contributed by atoms with Crippen LogP contribution in [0, 0.1) is 0 Å². The third-order valence-corrected chi connectivity index (χ3v) is 7.63. The van der Waals surface area contributed by atoms with Crippen molar-refractivity contribution in [3.05, 3.63) is 26.7 Å². The van der Waals surface area contributed by atoms with Gasteiger partial charge in [-0.1, -0.05) is 39.1 Å². The summed E-state index contributed by atoms with van der Waals surface area (Å²) in [4.78, 5) is 15.8. The first-order valence-electron chi connectivity index (χ1n) is 8.07. The van der Waals surface area contributed by atoms with E-state index in [1.807, 2.05) is 0 Å². The number of morpholine rings is 1. The zero-order chi connectivity index (χ0) is 18.9. The van der Waals surface area contributed by atoms with Gasteiger partial charge in [-0.2, -0.15) is 4.31 Å². The normalized spacial score (nSPS) is 19.7. The number of rotatable bonds is 2. The maximum absolute atomic E-state index is 12.9. The van der Waals surface area contributed by atoms with Crippen molar-refractivity contribution in [2.24, 2.45) is 0 Å². The molecule has 0 radical (unpaired) electrons. The molecule has 1 aromatic carbocycles. The van der Waals surface area contributed by atoms with Gasteiger partial charge in [0.05, 0.1) is 23.3 Å². The summed E-state index contributed by atoms with van der Waals surface area (Å²) in [5.41, 5.74) is 0. The molecule has 2 saturated heterocycles. The molecule has 2 aliphatic rings. The van der Waals surface area contributed by atoms with Gasteiger partial charge in [0.2, 0.25) is 10.0 Å². The van der Waals surface area contributed by atoms with E-state index in [1.165, 1.54) is 16.4 Å². The van der Waals surface area contributed by atoms with Crippen molar-refractivity contribution in [1.82, 2.24) is 14.1 Å². The zero-order valence-electron chi connectivity index (χ0n) is 13.8. The summed E-state index contributed by atoms with van der Waals surface area (Å²) in [7, 11) is -3.84. The second-order valence-electron chi connectivity index (χ2n) is 5.97. The minimum atomic E-state index is -3.84. The van der Waals surface area contributed by atoms with Crippen molar-refractivity contribution in [2.45, 2.75) is 4.90 Å². The molecule has 11 heteroatoms. The van der Waals surface area contributed by atoms with E-state index in [1.54, 1.807) is 9.80 Å². The fraction of sp³-hybridized carbons (Fsp3) is 0.533. The number of hydrogen-bond acceptors (Lipinski definition) is 4. The lowest BCUT2D eigenvalue weighted by molar-refractivity contribution is 0.0405. The predicted molar refractivity (Wildman–Crippen MR) is 102 cm³/mol. The summed E-state index contributed by atoms with van der Waals surface area (Å²) in [5, 5.41) is 0.132. The predicted octanol–water partition coefficient (Wildman–Crippen LogP) is 2.51. The molecule has 3 rings (SSSR count). The van der Waals surface area contributed by atoms with Gasteiger partial charge in [-0.05, 0) is 12.1 Å². The van der Waals surface area contributed by atoms with Gasteiger partial charge in [0.15, 0.2) is 0 Å². The number of benzene rings is 1. The Kier molecular flexibility index (Phi) is 6.36. The van der Waals surface area contributed by atoms with Gasteiger partial charge in [0, 0.05) is 43.7 Å². The lowest BCUT2D eigenvalue weighted by atomic mass is 10.3. The standard InChI is InChI=1S/C15H18BrCl2N3O4S/c16-11-9-12(17)14(13(18)10-11)26(23,24)21-3-1-19(2-4-21)15(22)20-5-7-25-8-6-20/h9-10H,1-8H2. The molecule has 0 N–H and O–H groups in total. The highest BCUT2D eigenvalue weighted by atomic mass is 79.9. The van der Waals surface area contributed by atoms with Gasteiger partial charge in [-0.25, -0.2) is 13.2 Å². The molecule has 7 nitrogen and oxygen atoms in total. The van der Waals surface area contributed by atoms with Crippen LogP contribution < -0.4 is 0 Å². The van der Waals surface area contributed by atoms with Gasteiger partial charge in [0.1, 0.15) is 4.90 Å². The van der Waals surface area contributed by atoms with Crippen LogP contribution in [0.1, 0.15) is 0 Å². The van der Waals surface area contributed by atoms with Gasteiger partial charge >= 0.3 is 6.03 Å². The van der Waals surface area contributed by atoms with Crippen LogP contribution in [0.15, 0.2) is 21.5 Å². The number of hydrogen-bond donors (Lipinski definition) is 0. The smallest absolute Gasteiger partial charge is 0.320 e. The third-order valence-electron chi connectivity index (χ3n) is 4.35. The molecule has 0 aliphatic carbocycles. The average Bonchev–Trinajstić information content (AvgIpc) is 2.61. The van der Waals surface area contributed by atoms with Crippen LogP contribution in [-0.2, 0) is 14.8 Å². The topological polar surface area (TPSA) is 70.2 Å². The first kappa shape index (κ1) is 20.2. The number of piperazine rings is 1. The highest BCUT2D eigenvalue weighted by molar-refractivity contribution is 9.10. The van der Waals surface area contributed by atoms with E-state index in [4.69, 9.17) is 27.9 Å². The van der Waals surface area contributed by atoms with Crippen LogP contribution in [0.2, 0.25) is 10.0 Å². The lowest BCUT2D eigenvalue weighted by Gasteiger charge is -2.38. The fourth-order valence-corrected chi connectivity index (χ4v) is 6.29. The van der Waals surface area contributed by atoms with E-state index in [9.17, 15) is 13.2 Å².